The normalized spacial score (nSPS) is 18.5. The summed E-state index contributed by atoms with van der Waals surface area (Å²) < 4.78 is 11.4. The van der Waals surface area contributed by atoms with E-state index in [1.807, 2.05) is 18.4 Å². The van der Waals surface area contributed by atoms with Crippen molar-refractivity contribution in [2.75, 3.05) is 24.6 Å². The summed E-state index contributed by atoms with van der Waals surface area (Å²) in [5, 5.41) is 0.689. The Morgan fingerprint density at radius 2 is 2.00 bits per heavy atom. The van der Waals surface area contributed by atoms with Crippen molar-refractivity contribution in [2.24, 2.45) is 0 Å². The van der Waals surface area contributed by atoms with Crippen molar-refractivity contribution in [3.05, 3.63) is 41.6 Å². The van der Waals surface area contributed by atoms with E-state index < -0.39 is 6.09 Å². The number of rotatable bonds is 3. The molecule has 2 aliphatic heterocycles. The standard InChI is InChI=1S/C19H19N7O3S/c1-11-14-15(26-9-10-29-19(26)28)22-16(17-21-12(2)23-30-17)25(14)8-7-24(11)18(27)13-3-5-20-6-4-13/h3-6,11H,7-10H2,1-2H3/t11-/m1/s1. The van der Waals surface area contributed by atoms with Gasteiger partial charge in [0.2, 0.25) is 0 Å². The van der Waals surface area contributed by atoms with Gasteiger partial charge in [-0.2, -0.15) is 4.37 Å². The number of aryl methyl sites for hydroxylation is 1. The SMILES string of the molecule is Cc1nsc(-c2nc(N3CCOC3=O)c3n2CCN(C(=O)c2ccncc2)[C@@H]3C)n1. The van der Waals surface area contributed by atoms with Gasteiger partial charge in [0.05, 0.1) is 18.3 Å². The second kappa shape index (κ2) is 7.17. The van der Waals surface area contributed by atoms with E-state index in [4.69, 9.17) is 9.72 Å². The van der Waals surface area contributed by atoms with Gasteiger partial charge < -0.3 is 14.2 Å². The van der Waals surface area contributed by atoms with Gasteiger partial charge >= 0.3 is 6.09 Å². The van der Waals surface area contributed by atoms with Crippen molar-refractivity contribution in [2.45, 2.75) is 26.4 Å². The lowest BCUT2D eigenvalue weighted by atomic mass is 10.1. The summed E-state index contributed by atoms with van der Waals surface area (Å²) in [6.07, 6.45) is 2.78. The highest BCUT2D eigenvalue weighted by atomic mass is 32.1. The molecule has 30 heavy (non-hydrogen) atoms. The number of carbonyl (C=O) groups is 2. The summed E-state index contributed by atoms with van der Waals surface area (Å²) in [4.78, 5) is 42.0. The lowest BCUT2D eigenvalue weighted by Crippen LogP contribution is -2.42. The van der Waals surface area contributed by atoms with Crippen LogP contribution in [0.3, 0.4) is 0 Å². The monoisotopic (exact) mass is 425 g/mol. The van der Waals surface area contributed by atoms with Crippen LogP contribution >= 0.6 is 11.5 Å². The van der Waals surface area contributed by atoms with E-state index in [-0.39, 0.29) is 11.9 Å². The van der Waals surface area contributed by atoms with Crippen LogP contribution in [0.25, 0.3) is 10.8 Å². The molecule has 1 saturated heterocycles. The molecule has 11 heteroatoms. The molecule has 0 aromatic carbocycles. The first-order valence-corrected chi connectivity index (χ1v) is 10.4. The minimum absolute atomic E-state index is 0.0828. The number of carbonyl (C=O) groups excluding carboxylic acids is 2. The minimum Gasteiger partial charge on any atom is -0.447 e. The maximum Gasteiger partial charge on any atom is 0.415 e. The van der Waals surface area contributed by atoms with Gasteiger partial charge in [0, 0.05) is 31.0 Å². The van der Waals surface area contributed by atoms with Crippen molar-refractivity contribution in [1.29, 1.82) is 0 Å². The number of hydrogen-bond donors (Lipinski definition) is 0. The van der Waals surface area contributed by atoms with Gasteiger partial charge in [0.15, 0.2) is 16.6 Å². The Hall–Kier alpha value is -3.34. The fourth-order valence-corrected chi connectivity index (χ4v) is 4.58. The van der Waals surface area contributed by atoms with Gasteiger partial charge in [-0.3, -0.25) is 14.7 Å². The van der Waals surface area contributed by atoms with E-state index in [0.29, 0.717) is 54.3 Å². The number of anilines is 1. The number of amides is 2. The molecule has 0 radical (unpaired) electrons. The Morgan fingerprint density at radius 1 is 1.20 bits per heavy atom. The highest BCUT2D eigenvalue weighted by Gasteiger charge is 2.38. The third-order valence-electron chi connectivity index (χ3n) is 5.34. The van der Waals surface area contributed by atoms with Crippen LogP contribution in [-0.2, 0) is 11.3 Å². The fraction of sp³-hybridized carbons (Fsp3) is 0.368. The van der Waals surface area contributed by atoms with Crippen LogP contribution in [0.1, 0.15) is 34.8 Å². The highest BCUT2D eigenvalue weighted by Crippen LogP contribution is 2.39. The van der Waals surface area contributed by atoms with E-state index in [9.17, 15) is 9.59 Å². The van der Waals surface area contributed by atoms with Gasteiger partial charge in [-0.05, 0) is 37.5 Å². The summed E-state index contributed by atoms with van der Waals surface area (Å²) in [5.41, 5.74) is 1.37. The molecule has 2 amide bonds. The molecule has 2 aliphatic rings. The van der Waals surface area contributed by atoms with E-state index in [2.05, 4.69) is 14.3 Å². The van der Waals surface area contributed by atoms with Crippen LogP contribution in [0, 0.1) is 6.92 Å². The molecule has 10 nitrogen and oxygen atoms in total. The largest absolute Gasteiger partial charge is 0.447 e. The molecule has 1 atom stereocenters. The summed E-state index contributed by atoms with van der Waals surface area (Å²) in [5.74, 6) is 1.77. The fourth-order valence-electron chi connectivity index (χ4n) is 3.91. The predicted octanol–water partition coefficient (Wildman–Crippen LogP) is 2.28. The van der Waals surface area contributed by atoms with Crippen molar-refractivity contribution in [1.82, 2.24) is 28.8 Å². The van der Waals surface area contributed by atoms with Gasteiger partial charge in [-0.25, -0.2) is 14.8 Å². The molecular weight excluding hydrogens is 406 g/mol. The highest BCUT2D eigenvalue weighted by molar-refractivity contribution is 7.09. The molecule has 0 unspecified atom stereocenters. The van der Waals surface area contributed by atoms with Crippen molar-refractivity contribution < 1.29 is 14.3 Å². The maximum atomic E-state index is 13.1. The van der Waals surface area contributed by atoms with Crippen LogP contribution in [0.15, 0.2) is 24.5 Å². The summed E-state index contributed by atoms with van der Waals surface area (Å²) in [7, 11) is 0. The lowest BCUT2D eigenvalue weighted by molar-refractivity contribution is 0.0645. The molecule has 5 heterocycles. The number of cyclic esters (lactones) is 1. The lowest BCUT2D eigenvalue weighted by Gasteiger charge is -2.35. The molecule has 5 rings (SSSR count). The van der Waals surface area contributed by atoms with E-state index >= 15 is 0 Å². The van der Waals surface area contributed by atoms with E-state index in [1.165, 1.54) is 16.4 Å². The Kier molecular flexibility index (Phi) is 4.46. The second-order valence-corrected chi connectivity index (χ2v) is 7.87. The predicted molar refractivity (Wildman–Crippen MR) is 108 cm³/mol. The molecule has 0 aliphatic carbocycles. The molecule has 154 valence electrons. The number of nitrogens with zero attached hydrogens (tertiary/aromatic N) is 7. The number of ether oxygens (including phenoxy) is 1. The molecule has 0 N–H and O–H groups in total. The van der Waals surface area contributed by atoms with Gasteiger partial charge in [0.1, 0.15) is 12.4 Å². The maximum absolute atomic E-state index is 13.1. The first-order valence-electron chi connectivity index (χ1n) is 9.61. The summed E-state index contributed by atoms with van der Waals surface area (Å²) in [6.45, 7) is 5.57. The van der Waals surface area contributed by atoms with Crippen LogP contribution in [0.2, 0.25) is 0 Å². The van der Waals surface area contributed by atoms with Gasteiger partial charge in [-0.1, -0.05) is 0 Å². The minimum atomic E-state index is -0.430. The second-order valence-electron chi connectivity index (χ2n) is 7.12. The quantitative estimate of drug-likeness (QED) is 0.634. The van der Waals surface area contributed by atoms with Gasteiger partial charge in [-0.15, -0.1) is 0 Å². The first-order chi connectivity index (χ1) is 14.5. The zero-order valence-corrected chi connectivity index (χ0v) is 17.3. The van der Waals surface area contributed by atoms with E-state index in [0.717, 1.165) is 5.69 Å². The Labute approximate surface area is 176 Å². The molecule has 0 spiro atoms. The van der Waals surface area contributed by atoms with Crippen LogP contribution in [-0.4, -0.2) is 60.5 Å². The molecule has 3 aromatic heterocycles. The smallest absolute Gasteiger partial charge is 0.415 e. The molecule has 0 bridgehead atoms. The average molecular weight is 425 g/mol. The van der Waals surface area contributed by atoms with Crippen molar-refractivity contribution in [3.8, 4) is 10.8 Å². The van der Waals surface area contributed by atoms with Crippen LogP contribution < -0.4 is 4.90 Å². The molecule has 0 saturated carbocycles. The van der Waals surface area contributed by atoms with Crippen LogP contribution in [0.5, 0.6) is 0 Å². The number of imidazole rings is 1. The third-order valence-corrected chi connectivity index (χ3v) is 6.14. The first kappa shape index (κ1) is 18.7. The van der Waals surface area contributed by atoms with Crippen LogP contribution in [0.4, 0.5) is 10.6 Å². The topological polar surface area (TPSA) is 106 Å². The summed E-state index contributed by atoms with van der Waals surface area (Å²) >= 11 is 1.27. The Balaban J connectivity index is 1.60. The van der Waals surface area contributed by atoms with E-state index in [1.54, 1.807) is 29.4 Å². The Morgan fingerprint density at radius 3 is 2.67 bits per heavy atom. The average Bonchev–Trinajstić information content (AvgIpc) is 3.46. The number of aromatic nitrogens is 5. The number of fused-ring (bicyclic) bond motifs is 1. The number of hydrogen-bond acceptors (Lipinski definition) is 8. The Bertz CT molecular complexity index is 1130. The van der Waals surface area contributed by atoms with Crippen molar-refractivity contribution >= 4 is 29.4 Å². The zero-order chi connectivity index (χ0) is 20.8. The number of pyridine rings is 1. The zero-order valence-electron chi connectivity index (χ0n) is 16.5. The molecular formula is C19H19N7O3S. The molecule has 3 aromatic rings. The van der Waals surface area contributed by atoms with Gasteiger partial charge in [0.25, 0.3) is 5.91 Å². The molecule has 1 fully saturated rings. The third kappa shape index (κ3) is 2.93. The van der Waals surface area contributed by atoms with Crippen molar-refractivity contribution in [3.63, 3.8) is 0 Å². The summed E-state index contributed by atoms with van der Waals surface area (Å²) in [6, 6.07) is 3.11.